The first-order valence-corrected chi connectivity index (χ1v) is 10.8. The van der Waals surface area contributed by atoms with Crippen LogP contribution in [0.4, 0.5) is 0 Å². The Balaban J connectivity index is 1.28. The van der Waals surface area contributed by atoms with Crippen LogP contribution in [0.1, 0.15) is 34.3 Å². The van der Waals surface area contributed by atoms with Gasteiger partial charge in [0.05, 0.1) is 0 Å². The third-order valence-corrected chi connectivity index (χ3v) is 5.91. The number of hydrogen-bond donors (Lipinski definition) is 1. The zero-order chi connectivity index (χ0) is 19.3. The van der Waals surface area contributed by atoms with Crippen LogP contribution in [-0.4, -0.2) is 42.0 Å². The Morgan fingerprint density at radius 2 is 1.96 bits per heavy atom. The normalized spacial score (nSPS) is 14.6. The molecule has 1 aliphatic heterocycles. The van der Waals surface area contributed by atoms with Gasteiger partial charge in [0.15, 0.2) is 5.58 Å². The number of fused-ring (bicyclic) bond motifs is 1. The number of aromatic nitrogens is 1. The Morgan fingerprint density at radius 1 is 1.18 bits per heavy atom. The molecule has 3 aromatic rings. The van der Waals surface area contributed by atoms with E-state index in [1.165, 1.54) is 18.4 Å². The predicted molar refractivity (Wildman–Crippen MR) is 113 cm³/mol. The number of nitrogens with one attached hydrogen (secondary N) is 1. The molecule has 0 atom stereocenters. The van der Waals surface area contributed by atoms with Gasteiger partial charge in [0.2, 0.25) is 0 Å². The zero-order valence-electron chi connectivity index (χ0n) is 16.1. The lowest BCUT2D eigenvalue weighted by atomic mass is 10.1. The van der Waals surface area contributed by atoms with E-state index in [-0.39, 0.29) is 5.91 Å². The van der Waals surface area contributed by atoms with Crippen LogP contribution in [0, 0.1) is 6.92 Å². The van der Waals surface area contributed by atoms with E-state index in [1.54, 1.807) is 11.8 Å². The van der Waals surface area contributed by atoms with Crippen molar-refractivity contribution in [1.82, 2.24) is 15.2 Å². The number of carbonyl (C=O) groups is 1. The van der Waals surface area contributed by atoms with Crippen molar-refractivity contribution in [2.45, 2.75) is 30.7 Å². The van der Waals surface area contributed by atoms with Crippen molar-refractivity contribution >= 4 is 28.8 Å². The summed E-state index contributed by atoms with van der Waals surface area (Å²) in [6.07, 6.45) is 2.55. The topological polar surface area (TPSA) is 58.4 Å². The Morgan fingerprint density at radius 3 is 2.75 bits per heavy atom. The fraction of sp³-hybridized carbons (Fsp3) is 0.364. The number of thioether (sulfide) groups is 1. The van der Waals surface area contributed by atoms with E-state index < -0.39 is 0 Å². The van der Waals surface area contributed by atoms with Crippen molar-refractivity contribution in [3.63, 3.8) is 0 Å². The zero-order valence-corrected chi connectivity index (χ0v) is 16.9. The van der Waals surface area contributed by atoms with E-state index in [4.69, 9.17) is 4.42 Å². The number of nitrogens with zero attached hydrogens (tertiary/aromatic N) is 2. The average Bonchev–Trinajstić information content (AvgIpc) is 3.36. The van der Waals surface area contributed by atoms with Crippen molar-refractivity contribution in [2.24, 2.45) is 0 Å². The molecule has 0 spiro atoms. The van der Waals surface area contributed by atoms with Crippen LogP contribution in [-0.2, 0) is 5.75 Å². The Labute approximate surface area is 169 Å². The molecule has 4 rings (SSSR count). The minimum atomic E-state index is -0.00674. The van der Waals surface area contributed by atoms with Gasteiger partial charge in [0.25, 0.3) is 11.1 Å². The van der Waals surface area contributed by atoms with Gasteiger partial charge >= 0.3 is 0 Å². The summed E-state index contributed by atoms with van der Waals surface area (Å²) in [5, 5.41) is 3.68. The van der Waals surface area contributed by atoms with Gasteiger partial charge in [-0.3, -0.25) is 4.79 Å². The maximum atomic E-state index is 12.3. The number of amides is 1. The van der Waals surface area contributed by atoms with Crippen molar-refractivity contribution < 1.29 is 9.21 Å². The molecule has 1 N–H and O–H groups in total. The summed E-state index contributed by atoms with van der Waals surface area (Å²) in [6, 6.07) is 13.8. The fourth-order valence-corrected chi connectivity index (χ4v) is 4.21. The summed E-state index contributed by atoms with van der Waals surface area (Å²) in [4.78, 5) is 19.2. The van der Waals surface area contributed by atoms with E-state index in [0.717, 1.165) is 42.1 Å². The van der Waals surface area contributed by atoms with Gasteiger partial charge in [-0.15, -0.1) is 0 Å². The van der Waals surface area contributed by atoms with Gasteiger partial charge in [-0.05, 0) is 68.2 Å². The van der Waals surface area contributed by atoms with Crippen molar-refractivity contribution in [2.75, 3.05) is 26.2 Å². The van der Waals surface area contributed by atoms with Crippen LogP contribution in [0.15, 0.2) is 52.1 Å². The molecule has 0 radical (unpaired) electrons. The van der Waals surface area contributed by atoms with Crippen molar-refractivity contribution in [3.8, 4) is 0 Å². The van der Waals surface area contributed by atoms with E-state index in [2.05, 4.69) is 15.2 Å². The van der Waals surface area contributed by atoms with E-state index in [9.17, 15) is 4.79 Å². The first-order valence-electron chi connectivity index (χ1n) is 9.77. The molecule has 0 unspecified atom stereocenters. The van der Waals surface area contributed by atoms with E-state index in [1.807, 2.05) is 49.4 Å². The van der Waals surface area contributed by atoms with Gasteiger partial charge < -0.3 is 14.6 Å². The SMILES string of the molecule is Cc1ccc2oc(SCc3ccc(C(=O)NCCN4CCCC4)cc3)nc2c1. The molecule has 1 aromatic heterocycles. The number of hydrogen-bond acceptors (Lipinski definition) is 5. The Bertz CT molecular complexity index is 946. The van der Waals surface area contributed by atoms with Gasteiger partial charge in [-0.1, -0.05) is 30.0 Å². The highest BCUT2D eigenvalue weighted by Gasteiger charge is 2.12. The van der Waals surface area contributed by atoms with Crippen LogP contribution < -0.4 is 5.32 Å². The minimum Gasteiger partial charge on any atom is -0.431 e. The van der Waals surface area contributed by atoms with Crippen LogP contribution in [0.3, 0.4) is 0 Å². The summed E-state index contributed by atoms with van der Waals surface area (Å²) in [5.74, 6) is 0.746. The largest absolute Gasteiger partial charge is 0.431 e. The third-order valence-electron chi connectivity index (χ3n) is 5.01. The number of likely N-dealkylation sites (tertiary alicyclic amines) is 1. The fourth-order valence-electron chi connectivity index (χ4n) is 3.41. The van der Waals surface area contributed by atoms with Crippen LogP contribution >= 0.6 is 11.8 Å². The molecule has 0 bridgehead atoms. The quantitative estimate of drug-likeness (QED) is 0.606. The molecular weight excluding hydrogens is 370 g/mol. The molecule has 1 amide bonds. The molecular formula is C22H25N3O2S. The summed E-state index contributed by atoms with van der Waals surface area (Å²) in [6.45, 7) is 5.99. The summed E-state index contributed by atoms with van der Waals surface area (Å²) in [5.41, 5.74) is 4.72. The lowest BCUT2D eigenvalue weighted by Gasteiger charge is -2.14. The number of aryl methyl sites for hydroxylation is 1. The second kappa shape index (κ2) is 8.80. The molecule has 146 valence electrons. The first kappa shape index (κ1) is 19.0. The second-order valence-electron chi connectivity index (χ2n) is 7.24. The number of oxazole rings is 1. The predicted octanol–water partition coefficient (Wildman–Crippen LogP) is 4.25. The van der Waals surface area contributed by atoms with Gasteiger partial charge in [0, 0.05) is 24.4 Å². The van der Waals surface area contributed by atoms with Gasteiger partial charge in [0.1, 0.15) is 5.52 Å². The first-order chi connectivity index (χ1) is 13.7. The molecule has 2 aromatic carbocycles. The lowest BCUT2D eigenvalue weighted by Crippen LogP contribution is -2.33. The maximum Gasteiger partial charge on any atom is 0.257 e. The lowest BCUT2D eigenvalue weighted by molar-refractivity contribution is 0.0949. The number of carbonyl (C=O) groups excluding carboxylic acids is 1. The molecule has 1 saturated heterocycles. The number of rotatable bonds is 7. The van der Waals surface area contributed by atoms with E-state index >= 15 is 0 Å². The molecule has 6 heteroatoms. The highest BCUT2D eigenvalue weighted by Crippen LogP contribution is 2.26. The Hall–Kier alpha value is -2.31. The molecule has 0 aliphatic carbocycles. The summed E-state index contributed by atoms with van der Waals surface area (Å²) < 4.78 is 5.78. The van der Waals surface area contributed by atoms with Gasteiger partial charge in [-0.25, -0.2) is 4.98 Å². The van der Waals surface area contributed by atoms with Crippen LogP contribution in [0.2, 0.25) is 0 Å². The molecule has 1 aliphatic rings. The van der Waals surface area contributed by atoms with Crippen LogP contribution in [0.5, 0.6) is 0 Å². The monoisotopic (exact) mass is 395 g/mol. The summed E-state index contributed by atoms with van der Waals surface area (Å²) >= 11 is 1.56. The summed E-state index contributed by atoms with van der Waals surface area (Å²) in [7, 11) is 0. The molecule has 5 nitrogen and oxygen atoms in total. The standard InChI is InChI=1S/C22H25N3O2S/c1-16-4-9-20-19(14-16)24-22(27-20)28-15-17-5-7-18(8-6-17)21(26)23-10-13-25-11-2-3-12-25/h4-9,14H,2-3,10-13,15H2,1H3,(H,23,26). The maximum absolute atomic E-state index is 12.3. The third kappa shape index (κ3) is 4.75. The molecule has 1 fully saturated rings. The molecule has 0 saturated carbocycles. The van der Waals surface area contributed by atoms with Crippen LogP contribution in [0.25, 0.3) is 11.1 Å². The Kier molecular flexibility index (Phi) is 5.98. The highest BCUT2D eigenvalue weighted by molar-refractivity contribution is 7.98. The number of benzene rings is 2. The molecule has 2 heterocycles. The van der Waals surface area contributed by atoms with Gasteiger partial charge in [-0.2, -0.15) is 0 Å². The van der Waals surface area contributed by atoms with Crippen molar-refractivity contribution in [3.05, 3.63) is 59.2 Å². The average molecular weight is 396 g/mol. The van der Waals surface area contributed by atoms with E-state index in [0.29, 0.717) is 17.3 Å². The smallest absolute Gasteiger partial charge is 0.257 e. The minimum absolute atomic E-state index is 0.00674. The van der Waals surface area contributed by atoms with Crippen molar-refractivity contribution in [1.29, 1.82) is 0 Å². The second-order valence-corrected chi connectivity index (χ2v) is 8.17. The molecule has 28 heavy (non-hydrogen) atoms. The highest BCUT2D eigenvalue weighted by atomic mass is 32.2.